The third-order valence-corrected chi connectivity index (χ3v) is 3.84. The first-order valence-corrected chi connectivity index (χ1v) is 7.29. The van der Waals surface area contributed by atoms with Gasteiger partial charge in [0, 0.05) is 10.9 Å². The molecular formula is C16H17ClOS. The van der Waals surface area contributed by atoms with Crippen molar-refractivity contribution in [2.45, 2.75) is 12.5 Å². The lowest BCUT2D eigenvalue weighted by molar-refractivity contribution is 0.111. The fourth-order valence-electron chi connectivity index (χ4n) is 1.91. The van der Waals surface area contributed by atoms with E-state index in [9.17, 15) is 0 Å². The minimum absolute atomic E-state index is 0.312. The molecular weight excluding hydrogens is 276 g/mol. The zero-order chi connectivity index (χ0) is 13.5. The number of rotatable bonds is 6. The lowest BCUT2D eigenvalue weighted by Gasteiger charge is -2.15. The topological polar surface area (TPSA) is 9.23 Å². The maximum absolute atomic E-state index is 6.10. The average Bonchev–Trinajstić information content (AvgIpc) is 2.46. The average molecular weight is 293 g/mol. The molecule has 0 bridgehead atoms. The maximum atomic E-state index is 6.10. The van der Waals surface area contributed by atoms with E-state index in [1.807, 2.05) is 42.5 Å². The molecule has 0 aliphatic rings. The molecule has 100 valence electrons. The van der Waals surface area contributed by atoms with Crippen LogP contribution >= 0.6 is 24.2 Å². The Morgan fingerprint density at radius 2 is 1.68 bits per heavy atom. The molecule has 2 aromatic rings. The van der Waals surface area contributed by atoms with Crippen molar-refractivity contribution in [3.8, 4) is 0 Å². The van der Waals surface area contributed by atoms with E-state index in [-0.39, 0.29) is 0 Å². The van der Waals surface area contributed by atoms with Gasteiger partial charge in [-0.2, -0.15) is 12.6 Å². The normalized spacial score (nSPS) is 12.3. The molecule has 0 saturated heterocycles. The van der Waals surface area contributed by atoms with E-state index in [4.69, 9.17) is 16.3 Å². The van der Waals surface area contributed by atoms with E-state index in [1.165, 1.54) is 5.56 Å². The van der Waals surface area contributed by atoms with Crippen LogP contribution in [0.4, 0.5) is 0 Å². The largest absolute Gasteiger partial charge is 0.376 e. The molecule has 1 nitrogen and oxygen atoms in total. The Kier molecular flexibility index (Phi) is 5.77. The zero-order valence-corrected chi connectivity index (χ0v) is 12.3. The van der Waals surface area contributed by atoms with Crippen LogP contribution < -0.4 is 0 Å². The van der Waals surface area contributed by atoms with Gasteiger partial charge in [0.25, 0.3) is 0 Å². The molecule has 0 spiro atoms. The summed E-state index contributed by atoms with van der Waals surface area (Å²) >= 11 is 10.5. The van der Waals surface area contributed by atoms with Crippen LogP contribution in [0.2, 0.25) is 5.02 Å². The molecule has 0 amide bonds. The SMILES string of the molecule is SCC(COCc1ccccc1Cl)c1ccccc1. The first-order valence-electron chi connectivity index (χ1n) is 6.28. The summed E-state index contributed by atoms with van der Waals surface area (Å²) < 4.78 is 5.77. The summed E-state index contributed by atoms with van der Waals surface area (Å²) in [6.45, 7) is 1.19. The van der Waals surface area contributed by atoms with Gasteiger partial charge in [0.1, 0.15) is 0 Å². The quantitative estimate of drug-likeness (QED) is 0.767. The van der Waals surface area contributed by atoms with Crippen LogP contribution in [0.1, 0.15) is 17.0 Å². The lowest BCUT2D eigenvalue weighted by Crippen LogP contribution is -2.09. The molecule has 1 unspecified atom stereocenters. The van der Waals surface area contributed by atoms with E-state index in [0.29, 0.717) is 19.1 Å². The van der Waals surface area contributed by atoms with Gasteiger partial charge in [-0.05, 0) is 22.9 Å². The summed E-state index contributed by atoms with van der Waals surface area (Å²) in [7, 11) is 0. The van der Waals surface area contributed by atoms with Crippen LogP contribution in [-0.4, -0.2) is 12.4 Å². The van der Waals surface area contributed by atoms with E-state index >= 15 is 0 Å². The molecule has 0 aromatic heterocycles. The van der Waals surface area contributed by atoms with E-state index in [1.54, 1.807) is 0 Å². The van der Waals surface area contributed by atoms with Crippen LogP contribution in [-0.2, 0) is 11.3 Å². The summed E-state index contributed by atoms with van der Waals surface area (Å²) in [5, 5.41) is 0.754. The fourth-order valence-corrected chi connectivity index (χ4v) is 2.41. The molecule has 19 heavy (non-hydrogen) atoms. The highest BCUT2D eigenvalue weighted by atomic mass is 35.5. The van der Waals surface area contributed by atoms with Crippen LogP contribution in [0.25, 0.3) is 0 Å². The predicted molar refractivity (Wildman–Crippen MR) is 84.1 cm³/mol. The van der Waals surface area contributed by atoms with Gasteiger partial charge in [0.2, 0.25) is 0 Å². The number of benzene rings is 2. The van der Waals surface area contributed by atoms with Gasteiger partial charge in [-0.3, -0.25) is 0 Å². The molecule has 0 aliphatic heterocycles. The van der Waals surface area contributed by atoms with Crippen molar-refractivity contribution in [2.24, 2.45) is 0 Å². The molecule has 2 rings (SSSR count). The van der Waals surface area contributed by atoms with Crippen molar-refractivity contribution < 1.29 is 4.74 Å². The van der Waals surface area contributed by atoms with Crippen LogP contribution in [0, 0.1) is 0 Å². The first kappa shape index (κ1) is 14.4. The highest BCUT2D eigenvalue weighted by Crippen LogP contribution is 2.20. The Balaban J connectivity index is 1.89. The van der Waals surface area contributed by atoms with Crippen LogP contribution in [0.5, 0.6) is 0 Å². The standard InChI is InChI=1S/C16H17ClOS/c17-16-9-5-4-8-14(16)10-18-11-15(12-19)13-6-2-1-3-7-13/h1-9,15,19H,10-12H2. The molecule has 1 atom stereocenters. The van der Waals surface area contributed by atoms with E-state index in [2.05, 4.69) is 24.8 Å². The van der Waals surface area contributed by atoms with Crippen molar-refractivity contribution in [3.63, 3.8) is 0 Å². The number of thiol groups is 1. The van der Waals surface area contributed by atoms with Crippen molar-refractivity contribution in [3.05, 3.63) is 70.7 Å². The Morgan fingerprint density at radius 1 is 1.00 bits per heavy atom. The van der Waals surface area contributed by atoms with Crippen molar-refractivity contribution in [2.75, 3.05) is 12.4 Å². The molecule has 0 fully saturated rings. The Labute approximate surface area is 125 Å². The minimum Gasteiger partial charge on any atom is -0.376 e. The first-order chi connectivity index (χ1) is 9.31. The third kappa shape index (κ3) is 4.27. The van der Waals surface area contributed by atoms with Gasteiger partial charge < -0.3 is 4.74 Å². The Bertz CT molecular complexity index is 501. The third-order valence-electron chi connectivity index (χ3n) is 3.03. The van der Waals surface area contributed by atoms with Crippen molar-refractivity contribution in [1.29, 1.82) is 0 Å². The summed E-state index contributed by atoms with van der Waals surface area (Å²) in [6.07, 6.45) is 0. The van der Waals surface area contributed by atoms with Crippen LogP contribution in [0.3, 0.4) is 0 Å². The summed E-state index contributed by atoms with van der Waals surface area (Å²) in [6, 6.07) is 18.1. The fraction of sp³-hybridized carbons (Fsp3) is 0.250. The van der Waals surface area contributed by atoms with Gasteiger partial charge >= 0.3 is 0 Å². The molecule has 3 heteroatoms. The predicted octanol–water partition coefficient (Wildman–Crippen LogP) is 4.57. The molecule has 0 heterocycles. The molecule has 0 saturated carbocycles. The molecule has 0 N–H and O–H groups in total. The minimum atomic E-state index is 0.312. The second kappa shape index (κ2) is 7.59. The number of halogens is 1. The Morgan fingerprint density at radius 3 is 2.37 bits per heavy atom. The molecule has 2 aromatic carbocycles. The number of hydrogen-bond acceptors (Lipinski definition) is 2. The van der Waals surface area contributed by atoms with Crippen molar-refractivity contribution >= 4 is 24.2 Å². The lowest BCUT2D eigenvalue weighted by atomic mass is 10.0. The Hall–Kier alpha value is -0.960. The second-order valence-corrected chi connectivity index (χ2v) is 5.17. The van der Waals surface area contributed by atoms with Gasteiger partial charge in [-0.1, -0.05) is 60.1 Å². The highest BCUT2D eigenvalue weighted by molar-refractivity contribution is 7.80. The van der Waals surface area contributed by atoms with Gasteiger partial charge in [-0.15, -0.1) is 0 Å². The second-order valence-electron chi connectivity index (χ2n) is 4.40. The summed E-state index contributed by atoms with van der Waals surface area (Å²) in [4.78, 5) is 0. The smallest absolute Gasteiger partial charge is 0.0731 e. The van der Waals surface area contributed by atoms with E-state index in [0.717, 1.165) is 16.3 Å². The monoisotopic (exact) mass is 292 g/mol. The maximum Gasteiger partial charge on any atom is 0.0731 e. The van der Waals surface area contributed by atoms with Gasteiger partial charge in [-0.25, -0.2) is 0 Å². The van der Waals surface area contributed by atoms with E-state index < -0.39 is 0 Å². The summed E-state index contributed by atoms with van der Waals surface area (Å²) in [5.41, 5.74) is 2.28. The summed E-state index contributed by atoms with van der Waals surface area (Å²) in [5.74, 6) is 1.08. The number of hydrogen-bond donors (Lipinski definition) is 1. The molecule has 0 aliphatic carbocycles. The molecule has 0 radical (unpaired) electrons. The number of ether oxygens (including phenoxy) is 1. The zero-order valence-electron chi connectivity index (χ0n) is 10.6. The van der Waals surface area contributed by atoms with Crippen molar-refractivity contribution in [1.82, 2.24) is 0 Å². The highest BCUT2D eigenvalue weighted by Gasteiger charge is 2.10. The van der Waals surface area contributed by atoms with Gasteiger partial charge in [0.05, 0.1) is 13.2 Å². The van der Waals surface area contributed by atoms with Crippen LogP contribution in [0.15, 0.2) is 54.6 Å². The van der Waals surface area contributed by atoms with Gasteiger partial charge in [0.15, 0.2) is 0 Å².